The van der Waals surface area contributed by atoms with Gasteiger partial charge in [0.05, 0.1) is 0 Å². The maximum Gasteiger partial charge on any atom is 0.233 e. The summed E-state index contributed by atoms with van der Waals surface area (Å²) in [6.45, 7) is 1.64. The fourth-order valence-electron chi connectivity index (χ4n) is 2.78. The maximum absolute atomic E-state index is 11.9. The minimum absolute atomic E-state index is 0.0238. The normalized spacial score (nSPS) is 15.7. The van der Waals surface area contributed by atoms with E-state index in [0.717, 1.165) is 36.8 Å². The molecule has 2 rings (SSSR count). The number of nitrogens with one attached hydrogen (secondary N) is 2. The van der Waals surface area contributed by atoms with Gasteiger partial charge >= 0.3 is 0 Å². The van der Waals surface area contributed by atoms with Crippen LogP contribution in [0.5, 0.6) is 0 Å². The molecule has 0 atom stereocenters. The summed E-state index contributed by atoms with van der Waals surface area (Å²) in [5, 5.41) is 3.82. The number of rotatable bonds is 9. The molecule has 1 aliphatic rings. The predicted molar refractivity (Wildman–Crippen MR) is 105 cm³/mol. The Balaban J connectivity index is 1.65. The summed E-state index contributed by atoms with van der Waals surface area (Å²) in [7, 11) is -3.59. The first-order valence-corrected chi connectivity index (χ1v) is 10.8. The van der Waals surface area contributed by atoms with Crippen molar-refractivity contribution in [1.29, 1.82) is 0 Å². The van der Waals surface area contributed by atoms with Crippen molar-refractivity contribution < 1.29 is 18.0 Å². The molecule has 1 aromatic carbocycles. The van der Waals surface area contributed by atoms with E-state index in [0.29, 0.717) is 19.5 Å². The number of hydrogen-bond donors (Lipinski definition) is 2. The van der Waals surface area contributed by atoms with Crippen molar-refractivity contribution in [2.75, 3.05) is 26.2 Å². The van der Waals surface area contributed by atoms with Gasteiger partial charge in [-0.3, -0.25) is 9.59 Å². The Bertz CT molecular complexity index is 747. The van der Waals surface area contributed by atoms with Crippen LogP contribution in [0.3, 0.4) is 0 Å². The average Bonchev–Trinajstić information content (AvgIpc) is 2.85. The summed E-state index contributed by atoms with van der Waals surface area (Å²) in [6, 6.07) is 9.10. The van der Waals surface area contributed by atoms with Crippen LogP contribution in [0.25, 0.3) is 6.08 Å². The molecule has 0 bridgehead atoms. The summed E-state index contributed by atoms with van der Waals surface area (Å²) < 4.78 is 26.2. The van der Waals surface area contributed by atoms with Gasteiger partial charge in [0.1, 0.15) is 0 Å². The number of hydrogen-bond acceptors (Lipinski definition) is 4. The van der Waals surface area contributed by atoms with Crippen LogP contribution in [0.4, 0.5) is 0 Å². The zero-order chi connectivity index (χ0) is 19.5. The van der Waals surface area contributed by atoms with E-state index in [1.165, 1.54) is 6.08 Å². The third kappa shape index (κ3) is 8.36. The molecule has 0 radical (unpaired) electrons. The Morgan fingerprint density at radius 2 is 1.89 bits per heavy atom. The largest absolute Gasteiger partial charge is 0.354 e. The van der Waals surface area contributed by atoms with E-state index < -0.39 is 10.0 Å². The highest BCUT2D eigenvalue weighted by atomic mass is 32.2. The van der Waals surface area contributed by atoms with Gasteiger partial charge < -0.3 is 10.2 Å². The van der Waals surface area contributed by atoms with Gasteiger partial charge in [-0.2, -0.15) is 0 Å². The predicted octanol–water partition coefficient (Wildman–Crippen LogP) is 1.49. The number of carbonyl (C=O) groups excluding carboxylic acids is 2. The quantitative estimate of drug-likeness (QED) is 0.664. The number of amides is 2. The highest BCUT2D eigenvalue weighted by Gasteiger charge is 2.16. The van der Waals surface area contributed by atoms with Gasteiger partial charge in [0, 0.05) is 44.4 Å². The van der Waals surface area contributed by atoms with Crippen molar-refractivity contribution in [2.24, 2.45) is 0 Å². The molecule has 2 amide bonds. The molecule has 27 heavy (non-hydrogen) atoms. The summed E-state index contributed by atoms with van der Waals surface area (Å²) in [5.74, 6) is -0.105. The molecular formula is C19H27N3O4S. The fraction of sp³-hybridized carbons (Fsp3) is 0.474. The number of nitrogens with zero attached hydrogens (tertiary/aromatic N) is 1. The molecule has 0 aliphatic carbocycles. The Labute approximate surface area is 160 Å². The van der Waals surface area contributed by atoms with E-state index in [9.17, 15) is 18.0 Å². The Kier molecular flexibility index (Phi) is 8.47. The van der Waals surface area contributed by atoms with E-state index in [1.54, 1.807) is 17.0 Å². The van der Waals surface area contributed by atoms with Crippen LogP contribution >= 0.6 is 0 Å². The molecule has 148 valence electrons. The van der Waals surface area contributed by atoms with E-state index >= 15 is 0 Å². The zero-order valence-electron chi connectivity index (χ0n) is 15.4. The van der Waals surface area contributed by atoms with Gasteiger partial charge in [0.15, 0.2) is 0 Å². The first-order chi connectivity index (χ1) is 13.0. The minimum atomic E-state index is -3.59. The van der Waals surface area contributed by atoms with Crippen molar-refractivity contribution in [2.45, 2.75) is 32.1 Å². The lowest BCUT2D eigenvalue weighted by atomic mass is 10.2. The molecule has 2 N–H and O–H groups in total. The number of sulfonamides is 1. The van der Waals surface area contributed by atoms with Crippen LogP contribution in [0.2, 0.25) is 0 Å². The van der Waals surface area contributed by atoms with Crippen molar-refractivity contribution in [3.05, 3.63) is 41.3 Å². The molecule has 0 spiro atoms. The smallest absolute Gasteiger partial charge is 0.233 e. The fourth-order valence-corrected chi connectivity index (χ4v) is 3.60. The molecule has 0 saturated carbocycles. The lowest BCUT2D eigenvalue weighted by Crippen LogP contribution is -2.39. The van der Waals surface area contributed by atoms with Crippen LogP contribution in [-0.2, 0) is 19.6 Å². The van der Waals surface area contributed by atoms with Crippen molar-refractivity contribution >= 4 is 27.9 Å². The van der Waals surface area contributed by atoms with E-state index in [4.69, 9.17) is 0 Å². The molecule has 8 heteroatoms. The maximum atomic E-state index is 11.9. The second-order valence-electron chi connectivity index (χ2n) is 6.44. The molecule has 7 nitrogen and oxygen atoms in total. The van der Waals surface area contributed by atoms with Crippen molar-refractivity contribution in [3.63, 3.8) is 0 Å². The van der Waals surface area contributed by atoms with Gasteiger partial charge in [-0.25, -0.2) is 13.1 Å². The second-order valence-corrected chi connectivity index (χ2v) is 8.10. The molecule has 1 aromatic rings. The number of likely N-dealkylation sites (tertiary alicyclic amines) is 1. The van der Waals surface area contributed by atoms with Gasteiger partial charge in [0.2, 0.25) is 21.8 Å². The van der Waals surface area contributed by atoms with Crippen molar-refractivity contribution in [1.82, 2.24) is 14.9 Å². The van der Waals surface area contributed by atoms with E-state index in [-0.39, 0.29) is 24.8 Å². The van der Waals surface area contributed by atoms with Gasteiger partial charge in [-0.05, 0) is 24.5 Å². The summed E-state index contributed by atoms with van der Waals surface area (Å²) >= 11 is 0. The van der Waals surface area contributed by atoms with E-state index in [1.807, 2.05) is 18.2 Å². The third-order valence-corrected chi connectivity index (χ3v) is 5.37. The molecule has 1 saturated heterocycles. The van der Waals surface area contributed by atoms with E-state index in [2.05, 4.69) is 10.0 Å². The minimum Gasteiger partial charge on any atom is -0.354 e. The van der Waals surface area contributed by atoms with Gasteiger partial charge in [0.25, 0.3) is 0 Å². The molecule has 0 aromatic heterocycles. The van der Waals surface area contributed by atoms with Crippen LogP contribution < -0.4 is 10.0 Å². The van der Waals surface area contributed by atoms with Gasteiger partial charge in [-0.1, -0.05) is 36.8 Å². The molecule has 1 aliphatic heterocycles. The number of benzene rings is 1. The molecule has 1 heterocycles. The first kappa shape index (κ1) is 21.1. The monoisotopic (exact) mass is 393 g/mol. The van der Waals surface area contributed by atoms with Crippen LogP contribution in [0, 0.1) is 0 Å². The lowest BCUT2D eigenvalue weighted by molar-refractivity contribution is -0.131. The van der Waals surface area contributed by atoms with Crippen LogP contribution in [-0.4, -0.2) is 51.3 Å². The Morgan fingerprint density at radius 3 is 2.67 bits per heavy atom. The SMILES string of the molecule is O=C(CCNS(=O)(=O)C=Cc1ccccc1)NCCN1CCCCCC1=O. The first-order valence-electron chi connectivity index (χ1n) is 9.23. The Hall–Kier alpha value is -2.19. The molecule has 1 fully saturated rings. The average molecular weight is 394 g/mol. The Morgan fingerprint density at radius 1 is 1.11 bits per heavy atom. The zero-order valence-corrected chi connectivity index (χ0v) is 16.2. The van der Waals surface area contributed by atoms with Crippen LogP contribution in [0.1, 0.15) is 37.7 Å². The van der Waals surface area contributed by atoms with Crippen molar-refractivity contribution in [3.8, 4) is 0 Å². The summed E-state index contributed by atoms with van der Waals surface area (Å²) in [4.78, 5) is 25.5. The topological polar surface area (TPSA) is 95.6 Å². The number of carbonyl (C=O) groups is 2. The second kappa shape index (κ2) is 10.8. The standard InChI is InChI=1S/C19H27N3O4S/c23-18(20-13-15-22-14-6-2-5-9-19(22)24)10-12-21-27(25,26)16-11-17-7-3-1-4-8-17/h1,3-4,7-8,11,16,21H,2,5-6,9-10,12-15H2,(H,20,23). The summed E-state index contributed by atoms with van der Waals surface area (Å²) in [5.41, 5.74) is 0.781. The molecular weight excluding hydrogens is 366 g/mol. The highest BCUT2D eigenvalue weighted by molar-refractivity contribution is 7.92. The van der Waals surface area contributed by atoms with Crippen LogP contribution in [0.15, 0.2) is 35.7 Å². The highest BCUT2D eigenvalue weighted by Crippen LogP contribution is 2.10. The lowest BCUT2D eigenvalue weighted by Gasteiger charge is -2.20. The summed E-state index contributed by atoms with van der Waals surface area (Å²) in [6.07, 6.45) is 5.12. The molecule has 0 unspecified atom stereocenters. The van der Waals surface area contributed by atoms with Gasteiger partial charge in [-0.15, -0.1) is 0 Å². The third-order valence-electron chi connectivity index (χ3n) is 4.27.